The Kier molecular flexibility index (Phi) is 8.70. The lowest BCUT2D eigenvalue weighted by molar-refractivity contribution is 0.111. The summed E-state index contributed by atoms with van der Waals surface area (Å²) in [5.74, 6) is 14.4. The van der Waals surface area contributed by atoms with E-state index in [2.05, 4.69) is 48.8 Å². The molecule has 0 bridgehead atoms. The molecule has 1 heterocycles. The van der Waals surface area contributed by atoms with E-state index in [9.17, 15) is 9.59 Å². The molecular weight excluding hydrogens is 504 g/mol. The molecule has 198 valence electrons. The minimum Gasteiger partial charge on any atom is -0.456 e. The number of hydrogen-bond acceptors (Lipinski definition) is 3. The molecule has 0 fully saturated rings. The predicted octanol–water partition coefficient (Wildman–Crippen LogP) is 8.38. The first-order chi connectivity index (χ1) is 20.1. The highest BCUT2D eigenvalue weighted by Gasteiger charge is 2.14. The van der Waals surface area contributed by atoms with E-state index in [1.807, 2.05) is 60.7 Å². The highest BCUT2D eigenvalue weighted by molar-refractivity contribution is 5.75. The van der Waals surface area contributed by atoms with Crippen LogP contribution in [0.4, 0.5) is 0 Å². The molecule has 1 aromatic heterocycles. The van der Waals surface area contributed by atoms with Crippen LogP contribution in [-0.2, 0) is 6.42 Å². The molecule has 3 nitrogen and oxygen atoms in total. The van der Waals surface area contributed by atoms with E-state index in [1.165, 1.54) is 5.56 Å². The van der Waals surface area contributed by atoms with Crippen LogP contribution in [0.15, 0.2) is 108 Å². The predicted molar refractivity (Wildman–Crippen MR) is 164 cm³/mol. The van der Waals surface area contributed by atoms with Crippen LogP contribution in [0.25, 0.3) is 22.6 Å². The van der Waals surface area contributed by atoms with Crippen molar-refractivity contribution in [1.29, 1.82) is 0 Å². The third-order valence-corrected chi connectivity index (χ3v) is 6.72. The molecular formula is C38H28O3. The molecule has 5 rings (SSSR count). The summed E-state index contributed by atoms with van der Waals surface area (Å²) in [5.41, 5.74) is 8.03. The monoisotopic (exact) mass is 532 g/mol. The van der Waals surface area contributed by atoms with Crippen molar-refractivity contribution in [3.63, 3.8) is 0 Å². The highest BCUT2D eigenvalue weighted by atomic mass is 16.3. The Balaban J connectivity index is 1.35. The molecule has 0 saturated heterocycles. The second-order valence-electron chi connectivity index (χ2n) is 9.70. The number of aryl methyl sites for hydroxylation is 1. The fourth-order valence-corrected chi connectivity index (χ4v) is 4.37. The molecule has 3 heteroatoms. The van der Waals surface area contributed by atoms with Gasteiger partial charge < -0.3 is 4.42 Å². The van der Waals surface area contributed by atoms with Gasteiger partial charge in [-0.25, -0.2) is 0 Å². The largest absolute Gasteiger partial charge is 0.456 e. The van der Waals surface area contributed by atoms with Gasteiger partial charge >= 0.3 is 0 Å². The second kappa shape index (κ2) is 13.1. The molecule has 0 amide bonds. The van der Waals surface area contributed by atoms with Crippen molar-refractivity contribution in [2.75, 3.05) is 0 Å². The summed E-state index contributed by atoms with van der Waals surface area (Å²) in [6.45, 7) is 2.19. The van der Waals surface area contributed by atoms with Crippen molar-refractivity contribution in [1.82, 2.24) is 0 Å². The molecule has 0 radical (unpaired) electrons. The van der Waals surface area contributed by atoms with Crippen molar-refractivity contribution in [3.8, 4) is 46.3 Å². The van der Waals surface area contributed by atoms with Gasteiger partial charge in [0.05, 0.1) is 0 Å². The minimum atomic E-state index is 0.638. The number of carbonyl (C=O) groups excluding carboxylic acids is 2. The van der Waals surface area contributed by atoms with Crippen molar-refractivity contribution >= 4 is 12.6 Å². The number of hydrogen-bond donors (Lipinski definition) is 0. The van der Waals surface area contributed by atoms with Gasteiger partial charge in [0.25, 0.3) is 0 Å². The summed E-state index contributed by atoms with van der Waals surface area (Å²) < 4.78 is 6.44. The Morgan fingerprint density at radius 1 is 0.585 bits per heavy atom. The van der Waals surface area contributed by atoms with E-state index in [4.69, 9.17) is 4.42 Å². The van der Waals surface area contributed by atoms with Gasteiger partial charge in [0.2, 0.25) is 0 Å². The Morgan fingerprint density at radius 2 is 1.00 bits per heavy atom. The van der Waals surface area contributed by atoms with Crippen LogP contribution < -0.4 is 0 Å². The van der Waals surface area contributed by atoms with Gasteiger partial charge in [-0.05, 0) is 85.1 Å². The van der Waals surface area contributed by atoms with Gasteiger partial charge in [-0.3, -0.25) is 9.59 Å². The smallest absolute Gasteiger partial charge is 0.150 e. The molecule has 5 aromatic rings. The van der Waals surface area contributed by atoms with Gasteiger partial charge in [0.15, 0.2) is 0 Å². The summed E-state index contributed by atoms with van der Waals surface area (Å²) in [6, 6.07) is 32.8. The van der Waals surface area contributed by atoms with E-state index in [0.717, 1.165) is 76.7 Å². The van der Waals surface area contributed by atoms with E-state index in [0.29, 0.717) is 11.1 Å². The van der Waals surface area contributed by atoms with Crippen LogP contribution in [0, 0.1) is 23.7 Å². The zero-order chi connectivity index (χ0) is 28.4. The molecule has 0 aliphatic carbocycles. The molecule has 0 N–H and O–H groups in total. The van der Waals surface area contributed by atoms with Crippen LogP contribution in [0.5, 0.6) is 0 Å². The molecule has 0 spiro atoms. The van der Waals surface area contributed by atoms with Gasteiger partial charge in [0, 0.05) is 44.5 Å². The van der Waals surface area contributed by atoms with Crippen LogP contribution >= 0.6 is 0 Å². The van der Waals surface area contributed by atoms with E-state index in [-0.39, 0.29) is 0 Å². The summed E-state index contributed by atoms with van der Waals surface area (Å²) in [6.07, 6.45) is 4.79. The average Bonchev–Trinajstić information content (AvgIpc) is 3.47. The topological polar surface area (TPSA) is 47.3 Å². The summed E-state index contributed by atoms with van der Waals surface area (Å²) in [5, 5.41) is 0. The normalized spacial score (nSPS) is 10.2. The summed E-state index contributed by atoms with van der Waals surface area (Å²) >= 11 is 0. The third kappa shape index (κ3) is 6.99. The van der Waals surface area contributed by atoms with Crippen molar-refractivity contribution in [2.24, 2.45) is 0 Å². The van der Waals surface area contributed by atoms with Crippen LogP contribution in [0.1, 0.15) is 68.3 Å². The number of benzene rings is 4. The summed E-state index contributed by atoms with van der Waals surface area (Å²) in [4.78, 5) is 21.7. The lowest BCUT2D eigenvalue weighted by Gasteiger charge is -2.03. The van der Waals surface area contributed by atoms with Gasteiger partial charge in [-0.2, -0.15) is 0 Å². The molecule has 4 aromatic carbocycles. The zero-order valence-corrected chi connectivity index (χ0v) is 22.8. The number of furan rings is 1. The first-order valence-corrected chi connectivity index (χ1v) is 13.6. The Labute approximate surface area is 240 Å². The van der Waals surface area contributed by atoms with E-state index in [1.54, 1.807) is 24.3 Å². The minimum absolute atomic E-state index is 0.638. The fraction of sp³-hybridized carbons (Fsp3) is 0.105. The fourth-order valence-electron chi connectivity index (χ4n) is 4.37. The van der Waals surface area contributed by atoms with E-state index < -0.39 is 0 Å². The molecule has 0 atom stereocenters. The second-order valence-corrected chi connectivity index (χ2v) is 9.70. The number of rotatable bonds is 7. The standard InChI is InChI=1S/C38H28O3/c1-2-3-4-36-25-37(34-21-17-30(18-22-34)7-5-28-9-13-32(26-39)14-10-28)41-38(36)35-23-19-31(20-24-35)8-6-29-11-15-33(27-40)16-12-29/h9-27H,2-4H2,1H3. The van der Waals surface area contributed by atoms with Crippen molar-refractivity contribution in [3.05, 3.63) is 142 Å². The van der Waals surface area contributed by atoms with Gasteiger partial charge in [0.1, 0.15) is 24.1 Å². The maximum Gasteiger partial charge on any atom is 0.150 e. The maximum absolute atomic E-state index is 10.9. The van der Waals surface area contributed by atoms with Gasteiger partial charge in [-0.15, -0.1) is 0 Å². The summed E-state index contributed by atoms with van der Waals surface area (Å²) in [7, 11) is 0. The Hall–Kier alpha value is -5.38. The molecule has 0 saturated carbocycles. The Morgan fingerprint density at radius 3 is 1.41 bits per heavy atom. The third-order valence-electron chi connectivity index (χ3n) is 6.72. The molecule has 0 aliphatic heterocycles. The lowest BCUT2D eigenvalue weighted by atomic mass is 10.0. The zero-order valence-electron chi connectivity index (χ0n) is 22.8. The lowest BCUT2D eigenvalue weighted by Crippen LogP contribution is -1.86. The van der Waals surface area contributed by atoms with Crippen LogP contribution in [-0.4, -0.2) is 12.6 Å². The average molecular weight is 533 g/mol. The Bertz CT molecular complexity index is 1760. The first-order valence-electron chi connectivity index (χ1n) is 13.6. The van der Waals surface area contributed by atoms with Crippen molar-refractivity contribution < 1.29 is 14.0 Å². The SMILES string of the molecule is CCCCc1cc(-c2ccc(C#Cc3ccc(C=O)cc3)cc2)oc1-c1ccc(C#Cc2ccc(C=O)cc2)cc1. The molecule has 41 heavy (non-hydrogen) atoms. The van der Waals surface area contributed by atoms with E-state index >= 15 is 0 Å². The quantitative estimate of drug-likeness (QED) is 0.156. The van der Waals surface area contributed by atoms with Crippen LogP contribution in [0.3, 0.4) is 0 Å². The molecule has 0 aliphatic rings. The highest BCUT2D eigenvalue weighted by Crippen LogP contribution is 2.34. The number of carbonyl (C=O) groups is 2. The van der Waals surface area contributed by atoms with Crippen LogP contribution in [0.2, 0.25) is 0 Å². The molecule has 0 unspecified atom stereocenters. The number of unbranched alkanes of at least 4 members (excludes halogenated alkanes) is 1. The first kappa shape index (κ1) is 27.2. The number of aldehydes is 2. The van der Waals surface area contributed by atoms with Crippen molar-refractivity contribution in [2.45, 2.75) is 26.2 Å². The van der Waals surface area contributed by atoms with Gasteiger partial charge in [-0.1, -0.05) is 73.4 Å². The maximum atomic E-state index is 10.9.